The fourth-order valence-corrected chi connectivity index (χ4v) is 6.15. The van der Waals surface area contributed by atoms with Gasteiger partial charge in [-0.2, -0.15) is 26.3 Å². The highest BCUT2D eigenvalue weighted by molar-refractivity contribution is 5.92. The minimum atomic E-state index is -4.65. The first-order valence-electron chi connectivity index (χ1n) is 16.1. The Morgan fingerprint density at radius 1 is 0.288 bits per heavy atom. The molecule has 8 rings (SSSR count). The van der Waals surface area contributed by atoms with Crippen LogP contribution in [0.2, 0.25) is 0 Å². The summed E-state index contributed by atoms with van der Waals surface area (Å²) < 4.78 is 82.3. The summed E-state index contributed by atoms with van der Waals surface area (Å²) in [5, 5.41) is 0. The molecule has 0 aliphatic rings. The standard InChI is InChI=1S/C42H24F6N4/c43-41(44,45)31-15-7-13-29(21-31)39-40(30-14-8-16-32(22-30)42(46,47)48)52-36-24-28(18-20-34(36)50-39)27-17-19-33-35(23-27)51-38(26-11-5-2-6-12-26)37(49-33)25-9-3-1-4-10-25/h1-24H. The van der Waals surface area contributed by atoms with Gasteiger partial charge in [0.1, 0.15) is 0 Å². The number of hydrogen-bond acceptors (Lipinski definition) is 4. The third-order valence-electron chi connectivity index (χ3n) is 8.68. The summed E-state index contributed by atoms with van der Waals surface area (Å²) >= 11 is 0. The predicted octanol–water partition coefficient (Wildman–Crippen LogP) is 11.9. The van der Waals surface area contributed by atoms with Crippen LogP contribution in [0, 0.1) is 0 Å². The molecule has 0 atom stereocenters. The van der Waals surface area contributed by atoms with Crippen molar-refractivity contribution in [3.05, 3.63) is 157 Å². The molecule has 254 valence electrons. The van der Waals surface area contributed by atoms with Crippen LogP contribution < -0.4 is 0 Å². The lowest BCUT2D eigenvalue weighted by atomic mass is 9.99. The quantitative estimate of drug-likeness (QED) is 0.168. The van der Waals surface area contributed by atoms with E-state index in [1.807, 2.05) is 84.9 Å². The Labute approximate surface area is 293 Å². The second kappa shape index (κ2) is 12.7. The van der Waals surface area contributed by atoms with E-state index >= 15 is 0 Å². The van der Waals surface area contributed by atoms with Gasteiger partial charge in [-0.3, -0.25) is 0 Å². The van der Waals surface area contributed by atoms with Crippen LogP contribution in [-0.4, -0.2) is 19.9 Å². The van der Waals surface area contributed by atoms with Crippen molar-refractivity contribution in [2.24, 2.45) is 0 Å². The Morgan fingerprint density at radius 2 is 0.635 bits per heavy atom. The molecule has 6 aromatic carbocycles. The lowest BCUT2D eigenvalue weighted by Crippen LogP contribution is -2.06. The summed E-state index contributed by atoms with van der Waals surface area (Å²) in [6.45, 7) is 0. The lowest BCUT2D eigenvalue weighted by Gasteiger charge is -2.15. The number of alkyl halides is 6. The van der Waals surface area contributed by atoms with E-state index in [9.17, 15) is 26.3 Å². The van der Waals surface area contributed by atoms with Gasteiger partial charge in [-0.05, 0) is 59.7 Å². The van der Waals surface area contributed by atoms with Gasteiger partial charge in [0.25, 0.3) is 0 Å². The van der Waals surface area contributed by atoms with Crippen LogP contribution in [0.4, 0.5) is 26.3 Å². The zero-order valence-electron chi connectivity index (χ0n) is 26.9. The van der Waals surface area contributed by atoms with Crippen molar-refractivity contribution >= 4 is 22.1 Å². The van der Waals surface area contributed by atoms with Gasteiger partial charge >= 0.3 is 12.4 Å². The molecule has 0 saturated heterocycles. The second-order valence-corrected chi connectivity index (χ2v) is 12.1. The highest BCUT2D eigenvalue weighted by atomic mass is 19.4. The maximum atomic E-state index is 13.8. The van der Waals surface area contributed by atoms with E-state index in [0.717, 1.165) is 52.2 Å². The van der Waals surface area contributed by atoms with E-state index in [4.69, 9.17) is 15.0 Å². The second-order valence-electron chi connectivity index (χ2n) is 12.1. The fraction of sp³-hybridized carbons (Fsp3) is 0.0476. The Morgan fingerprint density at radius 3 is 1.02 bits per heavy atom. The van der Waals surface area contributed by atoms with E-state index in [2.05, 4.69) is 4.98 Å². The Hall–Kier alpha value is -6.42. The summed E-state index contributed by atoms with van der Waals surface area (Å²) in [7, 11) is 0. The highest BCUT2D eigenvalue weighted by Crippen LogP contribution is 2.39. The maximum Gasteiger partial charge on any atom is 0.416 e. The van der Waals surface area contributed by atoms with Crippen LogP contribution >= 0.6 is 0 Å². The molecule has 10 heteroatoms. The molecule has 0 bridgehead atoms. The monoisotopic (exact) mass is 698 g/mol. The topological polar surface area (TPSA) is 51.6 Å². The van der Waals surface area contributed by atoms with Gasteiger partial charge in [-0.15, -0.1) is 0 Å². The smallest absolute Gasteiger partial charge is 0.244 e. The Kier molecular flexibility index (Phi) is 8.02. The van der Waals surface area contributed by atoms with Crippen molar-refractivity contribution in [1.82, 2.24) is 19.9 Å². The number of aromatic nitrogens is 4. The minimum absolute atomic E-state index is 0.0143. The largest absolute Gasteiger partial charge is 0.416 e. The molecule has 0 amide bonds. The summed E-state index contributed by atoms with van der Waals surface area (Å²) in [5.41, 5.74) is 5.14. The molecule has 0 aliphatic carbocycles. The van der Waals surface area contributed by atoms with Crippen molar-refractivity contribution in [3.63, 3.8) is 0 Å². The van der Waals surface area contributed by atoms with Crippen LogP contribution in [0.5, 0.6) is 0 Å². The summed E-state index contributed by atoms with van der Waals surface area (Å²) in [4.78, 5) is 19.5. The van der Waals surface area contributed by atoms with Gasteiger partial charge < -0.3 is 0 Å². The van der Waals surface area contributed by atoms with Gasteiger partial charge in [-0.25, -0.2) is 19.9 Å². The molecule has 0 radical (unpaired) electrons. The minimum Gasteiger partial charge on any atom is -0.244 e. The zero-order chi connectivity index (χ0) is 36.0. The van der Waals surface area contributed by atoms with Gasteiger partial charge in [0.2, 0.25) is 0 Å². The normalized spacial score (nSPS) is 12.0. The fourth-order valence-electron chi connectivity index (χ4n) is 6.15. The number of rotatable bonds is 5. The van der Waals surface area contributed by atoms with Gasteiger partial charge in [0.15, 0.2) is 0 Å². The number of fused-ring (bicyclic) bond motifs is 2. The van der Waals surface area contributed by atoms with Crippen molar-refractivity contribution in [2.75, 3.05) is 0 Å². The first kappa shape index (κ1) is 32.8. The molecule has 0 unspecified atom stereocenters. The summed E-state index contributed by atoms with van der Waals surface area (Å²) in [6.07, 6.45) is -9.29. The Balaban J connectivity index is 1.28. The van der Waals surface area contributed by atoms with Crippen LogP contribution in [0.1, 0.15) is 11.1 Å². The summed E-state index contributed by atoms with van der Waals surface area (Å²) in [6, 6.07) is 39.5. The van der Waals surface area contributed by atoms with Gasteiger partial charge in [0.05, 0.1) is 56.0 Å². The predicted molar refractivity (Wildman–Crippen MR) is 190 cm³/mol. The third-order valence-corrected chi connectivity index (χ3v) is 8.68. The first-order valence-corrected chi connectivity index (χ1v) is 16.1. The molecular weight excluding hydrogens is 674 g/mol. The summed E-state index contributed by atoms with van der Waals surface area (Å²) in [5.74, 6) is 0. The van der Waals surface area contributed by atoms with Crippen molar-refractivity contribution in [2.45, 2.75) is 12.4 Å². The van der Waals surface area contributed by atoms with E-state index in [-0.39, 0.29) is 22.5 Å². The van der Waals surface area contributed by atoms with E-state index in [0.29, 0.717) is 27.8 Å². The molecule has 0 aliphatic heterocycles. The van der Waals surface area contributed by atoms with Crippen LogP contribution in [0.15, 0.2) is 146 Å². The van der Waals surface area contributed by atoms with Crippen molar-refractivity contribution in [1.29, 1.82) is 0 Å². The van der Waals surface area contributed by atoms with E-state index < -0.39 is 23.5 Å². The molecule has 2 heterocycles. The average molecular weight is 699 g/mol. The lowest BCUT2D eigenvalue weighted by molar-refractivity contribution is -0.138. The molecule has 4 nitrogen and oxygen atoms in total. The number of hydrogen-bond donors (Lipinski definition) is 0. The van der Waals surface area contributed by atoms with Crippen molar-refractivity contribution in [3.8, 4) is 56.2 Å². The van der Waals surface area contributed by atoms with E-state index in [1.165, 1.54) is 24.3 Å². The SMILES string of the molecule is FC(F)(F)c1cccc(-c2nc3ccc(-c4ccc5nc(-c6ccccc6)c(-c6ccccc6)nc5c4)cc3nc2-c2cccc(C(F)(F)F)c2)c1. The average Bonchev–Trinajstić information content (AvgIpc) is 3.16. The van der Waals surface area contributed by atoms with Gasteiger partial charge in [-0.1, -0.05) is 97.1 Å². The van der Waals surface area contributed by atoms with Gasteiger partial charge in [0, 0.05) is 22.3 Å². The van der Waals surface area contributed by atoms with E-state index in [1.54, 1.807) is 12.1 Å². The molecule has 8 aromatic rings. The molecule has 0 fully saturated rings. The molecule has 52 heavy (non-hydrogen) atoms. The molecule has 0 spiro atoms. The molecule has 2 aromatic heterocycles. The highest BCUT2D eigenvalue weighted by Gasteiger charge is 2.32. The van der Waals surface area contributed by atoms with Crippen LogP contribution in [0.25, 0.3) is 78.2 Å². The number of benzene rings is 6. The first-order chi connectivity index (χ1) is 25.0. The molecule has 0 saturated carbocycles. The molecular formula is C42H24F6N4. The number of halogens is 6. The number of nitrogens with zero attached hydrogens (tertiary/aromatic N) is 4. The Bertz CT molecular complexity index is 2600. The third kappa shape index (κ3) is 6.35. The van der Waals surface area contributed by atoms with Crippen LogP contribution in [0.3, 0.4) is 0 Å². The zero-order valence-corrected chi connectivity index (χ0v) is 26.9. The maximum absolute atomic E-state index is 13.8. The van der Waals surface area contributed by atoms with Crippen molar-refractivity contribution < 1.29 is 26.3 Å². The molecule has 0 N–H and O–H groups in total. The van der Waals surface area contributed by atoms with Crippen LogP contribution in [-0.2, 0) is 12.4 Å².